The number of aliphatic hydroxyl groups is 2. The van der Waals surface area contributed by atoms with Gasteiger partial charge in [0.25, 0.3) is 5.92 Å². The Labute approximate surface area is 220 Å². The van der Waals surface area contributed by atoms with Gasteiger partial charge in [-0.15, -0.1) is 0 Å². The van der Waals surface area contributed by atoms with Crippen LogP contribution in [0, 0.1) is 5.92 Å². The minimum Gasteiger partial charge on any atom is -0.477 e. The maximum absolute atomic E-state index is 14.7. The summed E-state index contributed by atoms with van der Waals surface area (Å²) in [6.45, 7) is 0.852. The van der Waals surface area contributed by atoms with Gasteiger partial charge in [-0.05, 0) is 30.3 Å². The standard InChI is InChI=1S/C26H25F5N4O4/c1-15(20(37)13-36)14-39-22-7-3-6-21(33-22)34-24(38)35-11-10-25(27,28)18-8-9-19(32-23(18)35)16-4-2-5-17(12-16)26(29,30)31/h2-9,12,15,20,36-37H,10-11,13-14H2,1H3,(H,33,34,38). The highest BCUT2D eigenvalue weighted by atomic mass is 19.4. The summed E-state index contributed by atoms with van der Waals surface area (Å²) >= 11 is 0. The number of carbonyl (C=O) groups is 1. The fourth-order valence-corrected chi connectivity index (χ4v) is 3.90. The Hall–Kier alpha value is -3.84. The molecule has 3 heterocycles. The molecule has 0 spiro atoms. The van der Waals surface area contributed by atoms with Crippen molar-refractivity contribution in [2.45, 2.75) is 31.5 Å². The van der Waals surface area contributed by atoms with Gasteiger partial charge in [0.15, 0.2) is 0 Å². The van der Waals surface area contributed by atoms with Crippen LogP contribution in [0.4, 0.5) is 38.4 Å². The molecule has 3 N–H and O–H groups in total. The third-order valence-electron chi connectivity index (χ3n) is 6.20. The lowest BCUT2D eigenvalue weighted by Crippen LogP contribution is -2.43. The second-order valence-corrected chi connectivity index (χ2v) is 9.08. The van der Waals surface area contributed by atoms with E-state index in [9.17, 15) is 31.9 Å². The molecule has 8 nitrogen and oxygen atoms in total. The molecule has 0 saturated carbocycles. The van der Waals surface area contributed by atoms with E-state index in [1.807, 2.05) is 0 Å². The van der Waals surface area contributed by atoms with Gasteiger partial charge in [0.2, 0.25) is 5.88 Å². The maximum Gasteiger partial charge on any atom is 0.416 e. The molecule has 39 heavy (non-hydrogen) atoms. The Kier molecular flexibility index (Phi) is 8.02. The highest BCUT2D eigenvalue weighted by Crippen LogP contribution is 2.43. The molecule has 0 aliphatic carbocycles. The molecule has 3 aromatic rings. The van der Waals surface area contributed by atoms with Gasteiger partial charge >= 0.3 is 12.2 Å². The fourth-order valence-electron chi connectivity index (χ4n) is 3.90. The smallest absolute Gasteiger partial charge is 0.416 e. The molecule has 1 aliphatic rings. The number of carbonyl (C=O) groups excluding carboxylic acids is 1. The van der Waals surface area contributed by atoms with E-state index in [1.165, 1.54) is 36.4 Å². The third kappa shape index (κ3) is 6.42. The third-order valence-corrected chi connectivity index (χ3v) is 6.20. The highest BCUT2D eigenvalue weighted by molar-refractivity contribution is 6.01. The van der Waals surface area contributed by atoms with E-state index >= 15 is 0 Å². The number of benzene rings is 1. The molecule has 2 amide bonds. The lowest BCUT2D eigenvalue weighted by Gasteiger charge is -2.33. The average Bonchev–Trinajstić information content (AvgIpc) is 2.90. The Balaban J connectivity index is 1.58. The van der Waals surface area contributed by atoms with E-state index in [-0.39, 0.29) is 35.4 Å². The Morgan fingerprint density at radius 1 is 1.15 bits per heavy atom. The van der Waals surface area contributed by atoms with E-state index in [1.54, 1.807) is 6.92 Å². The molecule has 0 saturated heterocycles. The molecule has 0 bridgehead atoms. The number of pyridine rings is 2. The van der Waals surface area contributed by atoms with Crippen molar-refractivity contribution < 1.29 is 41.7 Å². The molecule has 2 aromatic heterocycles. The summed E-state index contributed by atoms with van der Waals surface area (Å²) in [5.74, 6) is -3.93. The van der Waals surface area contributed by atoms with E-state index in [2.05, 4.69) is 15.3 Å². The zero-order valence-corrected chi connectivity index (χ0v) is 20.6. The SMILES string of the molecule is CC(COc1cccc(NC(=O)N2CCC(F)(F)c3ccc(-c4cccc(C(F)(F)F)c4)nc32)n1)C(O)CO. The summed E-state index contributed by atoms with van der Waals surface area (Å²) in [5.41, 5.74) is -1.41. The predicted octanol–water partition coefficient (Wildman–Crippen LogP) is 5.06. The highest BCUT2D eigenvalue weighted by Gasteiger charge is 2.42. The Morgan fingerprint density at radius 3 is 2.62 bits per heavy atom. The van der Waals surface area contributed by atoms with E-state index < -0.39 is 60.9 Å². The van der Waals surface area contributed by atoms with Crippen LogP contribution in [0.3, 0.4) is 0 Å². The van der Waals surface area contributed by atoms with E-state index in [0.717, 1.165) is 23.1 Å². The minimum absolute atomic E-state index is 0.0111. The average molecular weight is 553 g/mol. The number of aliphatic hydroxyl groups excluding tert-OH is 2. The molecule has 0 radical (unpaired) electrons. The van der Waals surface area contributed by atoms with Gasteiger partial charge in [0.05, 0.1) is 36.1 Å². The lowest BCUT2D eigenvalue weighted by molar-refractivity contribution is -0.137. The van der Waals surface area contributed by atoms with Gasteiger partial charge in [0, 0.05) is 30.5 Å². The van der Waals surface area contributed by atoms with Crippen molar-refractivity contribution in [2.75, 3.05) is 30.0 Å². The van der Waals surface area contributed by atoms with E-state index in [4.69, 9.17) is 9.84 Å². The summed E-state index contributed by atoms with van der Waals surface area (Å²) in [4.78, 5) is 22.4. The Morgan fingerprint density at radius 2 is 1.90 bits per heavy atom. The van der Waals surface area contributed by atoms with Crippen LogP contribution >= 0.6 is 0 Å². The predicted molar refractivity (Wildman–Crippen MR) is 132 cm³/mol. The molecule has 2 atom stereocenters. The van der Waals surface area contributed by atoms with Crippen LogP contribution in [0.1, 0.15) is 24.5 Å². The van der Waals surface area contributed by atoms with E-state index in [0.29, 0.717) is 0 Å². The van der Waals surface area contributed by atoms with Crippen molar-refractivity contribution in [3.8, 4) is 17.1 Å². The number of urea groups is 1. The maximum atomic E-state index is 14.7. The number of aromatic nitrogens is 2. The fraction of sp³-hybridized carbons (Fsp3) is 0.346. The largest absolute Gasteiger partial charge is 0.477 e. The van der Waals surface area contributed by atoms with Crippen molar-refractivity contribution in [3.63, 3.8) is 0 Å². The zero-order chi connectivity index (χ0) is 28.4. The summed E-state index contributed by atoms with van der Waals surface area (Å²) in [6, 6.07) is 10.2. The molecular weight excluding hydrogens is 527 g/mol. The lowest BCUT2D eigenvalue weighted by atomic mass is 9.99. The zero-order valence-electron chi connectivity index (χ0n) is 20.6. The van der Waals surface area contributed by atoms with Crippen molar-refractivity contribution in [3.05, 3.63) is 65.7 Å². The second kappa shape index (κ2) is 11.1. The molecule has 208 valence electrons. The number of halogens is 5. The van der Waals surface area contributed by atoms with Crippen LogP contribution in [0.5, 0.6) is 5.88 Å². The first-order valence-electron chi connectivity index (χ1n) is 11.9. The summed E-state index contributed by atoms with van der Waals surface area (Å²) in [7, 11) is 0. The molecule has 4 rings (SSSR count). The van der Waals surface area contributed by atoms with Crippen molar-refractivity contribution in [2.24, 2.45) is 5.92 Å². The molecule has 13 heteroatoms. The van der Waals surface area contributed by atoms with Gasteiger partial charge in [-0.3, -0.25) is 10.2 Å². The number of ether oxygens (including phenoxy) is 1. The first-order chi connectivity index (χ1) is 18.4. The van der Waals surface area contributed by atoms with Gasteiger partial charge in [-0.2, -0.15) is 18.2 Å². The number of fused-ring (bicyclic) bond motifs is 1. The normalized spacial score (nSPS) is 16.3. The van der Waals surface area contributed by atoms with Crippen LogP contribution in [0.25, 0.3) is 11.3 Å². The van der Waals surface area contributed by atoms with Crippen LogP contribution in [-0.4, -0.2) is 52.1 Å². The van der Waals surface area contributed by atoms with Gasteiger partial charge in [-0.1, -0.05) is 25.1 Å². The van der Waals surface area contributed by atoms with Gasteiger partial charge in [0.1, 0.15) is 11.6 Å². The van der Waals surface area contributed by atoms with Crippen LogP contribution in [-0.2, 0) is 12.1 Å². The van der Waals surface area contributed by atoms with Gasteiger partial charge in [-0.25, -0.2) is 18.6 Å². The second-order valence-electron chi connectivity index (χ2n) is 9.08. The molecule has 2 unspecified atom stereocenters. The number of nitrogens with one attached hydrogen (secondary N) is 1. The van der Waals surface area contributed by atoms with Crippen molar-refractivity contribution in [1.82, 2.24) is 9.97 Å². The number of rotatable bonds is 7. The minimum atomic E-state index is -4.61. The van der Waals surface area contributed by atoms with Crippen LogP contribution in [0.2, 0.25) is 0 Å². The summed E-state index contributed by atoms with van der Waals surface area (Å²) < 4.78 is 74.4. The topological polar surface area (TPSA) is 108 Å². The monoisotopic (exact) mass is 552 g/mol. The Bertz CT molecular complexity index is 1340. The number of hydrogen-bond acceptors (Lipinski definition) is 6. The summed E-state index contributed by atoms with van der Waals surface area (Å²) in [6.07, 6.45) is -6.27. The number of amides is 2. The molecule has 1 aromatic carbocycles. The van der Waals surface area contributed by atoms with Gasteiger partial charge < -0.3 is 14.9 Å². The number of nitrogens with zero attached hydrogens (tertiary/aromatic N) is 3. The van der Waals surface area contributed by atoms with Crippen molar-refractivity contribution >= 4 is 17.7 Å². The first kappa shape index (κ1) is 28.2. The summed E-state index contributed by atoms with van der Waals surface area (Å²) in [5, 5.41) is 21.2. The first-order valence-corrected chi connectivity index (χ1v) is 11.9. The number of anilines is 2. The van der Waals surface area contributed by atoms with Crippen LogP contribution in [0.15, 0.2) is 54.6 Å². The number of hydrogen-bond donors (Lipinski definition) is 3. The molecule has 1 aliphatic heterocycles. The van der Waals surface area contributed by atoms with Crippen LogP contribution < -0.4 is 15.0 Å². The quantitative estimate of drug-likeness (QED) is 0.354. The molecular formula is C26H25F5N4O4. The number of alkyl halides is 5. The van der Waals surface area contributed by atoms with Crippen molar-refractivity contribution in [1.29, 1.82) is 0 Å². The molecule has 0 fully saturated rings.